The summed E-state index contributed by atoms with van der Waals surface area (Å²) in [5.41, 5.74) is 1.37. The van der Waals surface area contributed by atoms with Gasteiger partial charge in [0.1, 0.15) is 6.10 Å². The molecule has 0 amide bonds. The smallest absolute Gasteiger partial charge is 0.161 e. The number of rotatable bonds is 5. The van der Waals surface area contributed by atoms with Gasteiger partial charge in [-0.15, -0.1) is 0 Å². The summed E-state index contributed by atoms with van der Waals surface area (Å²) in [5, 5.41) is 3.43. The Balaban J connectivity index is 1.64. The van der Waals surface area contributed by atoms with Gasteiger partial charge >= 0.3 is 0 Å². The first-order valence-corrected chi connectivity index (χ1v) is 9.62. The van der Waals surface area contributed by atoms with E-state index < -0.39 is 0 Å². The van der Waals surface area contributed by atoms with Crippen molar-refractivity contribution in [3.8, 4) is 11.5 Å². The van der Waals surface area contributed by atoms with Crippen LogP contribution >= 0.6 is 11.8 Å². The Morgan fingerprint density at radius 2 is 1.86 bits per heavy atom. The average Bonchev–Trinajstić information content (AvgIpc) is 2.58. The molecular formula is C18H27NO2S. The molecule has 1 aromatic carbocycles. The number of hydrogen-bond donors (Lipinski definition) is 1. The van der Waals surface area contributed by atoms with E-state index in [9.17, 15) is 0 Å². The Hall–Kier alpha value is -0.870. The molecular weight excluding hydrogens is 294 g/mol. The van der Waals surface area contributed by atoms with Gasteiger partial charge in [-0.25, -0.2) is 0 Å². The van der Waals surface area contributed by atoms with E-state index in [-0.39, 0.29) is 0 Å². The van der Waals surface area contributed by atoms with Gasteiger partial charge in [-0.1, -0.05) is 6.07 Å². The molecule has 0 atom stereocenters. The largest absolute Gasteiger partial charge is 0.493 e. The molecule has 0 spiro atoms. The molecule has 122 valence electrons. The molecule has 3 rings (SSSR count). The van der Waals surface area contributed by atoms with Crippen LogP contribution in [0.2, 0.25) is 0 Å². The summed E-state index contributed by atoms with van der Waals surface area (Å²) in [6, 6.07) is 6.50. The van der Waals surface area contributed by atoms with Gasteiger partial charge in [0.2, 0.25) is 0 Å². The molecule has 2 saturated heterocycles. The monoisotopic (exact) mass is 321 g/mol. The minimum Gasteiger partial charge on any atom is -0.493 e. The maximum Gasteiger partial charge on any atom is 0.161 e. The van der Waals surface area contributed by atoms with Gasteiger partial charge in [-0.05, 0) is 80.3 Å². The minimum atomic E-state index is 0.352. The summed E-state index contributed by atoms with van der Waals surface area (Å²) in [4.78, 5) is 0. The summed E-state index contributed by atoms with van der Waals surface area (Å²) >= 11 is 2.02. The van der Waals surface area contributed by atoms with Crippen molar-refractivity contribution >= 4 is 11.8 Å². The van der Waals surface area contributed by atoms with Gasteiger partial charge in [0.15, 0.2) is 11.5 Å². The maximum atomic E-state index is 6.17. The van der Waals surface area contributed by atoms with Crippen LogP contribution < -0.4 is 14.8 Å². The minimum absolute atomic E-state index is 0.352. The predicted molar refractivity (Wildman–Crippen MR) is 93.3 cm³/mol. The van der Waals surface area contributed by atoms with Crippen LogP contribution in [0, 0.1) is 5.92 Å². The number of piperidine rings is 1. The summed E-state index contributed by atoms with van der Waals surface area (Å²) < 4.78 is 11.7. The lowest BCUT2D eigenvalue weighted by Crippen LogP contribution is -2.28. The van der Waals surface area contributed by atoms with Crippen LogP contribution in [0.25, 0.3) is 0 Å². The fourth-order valence-electron chi connectivity index (χ4n) is 3.33. The Morgan fingerprint density at radius 1 is 1.09 bits per heavy atom. The first-order valence-electron chi connectivity index (χ1n) is 8.47. The highest BCUT2D eigenvalue weighted by atomic mass is 32.2. The van der Waals surface area contributed by atoms with Crippen molar-refractivity contribution in [3.05, 3.63) is 23.8 Å². The second-order valence-electron chi connectivity index (χ2n) is 6.31. The molecule has 2 aliphatic rings. The lowest BCUT2D eigenvalue weighted by atomic mass is 9.91. The second kappa shape index (κ2) is 8.11. The quantitative estimate of drug-likeness (QED) is 0.899. The standard InChI is InChI=1S/C18H27NO2S/c1-20-18-13-15(12-14-4-8-19-9-5-14)2-3-17(18)21-16-6-10-22-11-7-16/h2-3,13-14,16,19H,4-12H2,1H3. The lowest BCUT2D eigenvalue weighted by molar-refractivity contribution is 0.184. The molecule has 22 heavy (non-hydrogen) atoms. The number of hydrogen-bond acceptors (Lipinski definition) is 4. The van der Waals surface area contributed by atoms with Gasteiger partial charge in [-0.3, -0.25) is 0 Å². The third kappa shape index (κ3) is 4.32. The number of benzene rings is 1. The number of ether oxygens (including phenoxy) is 2. The summed E-state index contributed by atoms with van der Waals surface area (Å²) in [6.45, 7) is 2.31. The zero-order chi connectivity index (χ0) is 15.2. The molecule has 0 bridgehead atoms. The van der Waals surface area contributed by atoms with E-state index in [4.69, 9.17) is 9.47 Å². The fraction of sp³-hybridized carbons (Fsp3) is 0.667. The van der Waals surface area contributed by atoms with E-state index in [0.717, 1.165) is 49.8 Å². The van der Waals surface area contributed by atoms with Crippen molar-refractivity contribution in [2.24, 2.45) is 5.92 Å². The molecule has 0 aliphatic carbocycles. The Labute approximate surface area is 138 Å². The van der Waals surface area contributed by atoms with E-state index >= 15 is 0 Å². The Bertz CT molecular complexity index is 468. The molecule has 0 unspecified atom stereocenters. The van der Waals surface area contributed by atoms with E-state index in [1.807, 2.05) is 11.8 Å². The van der Waals surface area contributed by atoms with E-state index in [2.05, 4.69) is 23.5 Å². The summed E-state index contributed by atoms with van der Waals surface area (Å²) in [7, 11) is 1.74. The zero-order valence-corrected chi connectivity index (χ0v) is 14.3. The highest BCUT2D eigenvalue weighted by Crippen LogP contribution is 2.32. The van der Waals surface area contributed by atoms with Crippen LogP contribution in [0.4, 0.5) is 0 Å². The van der Waals surface area contributed by atoms with E-state index in [1.165, 1.54) is 29.9 Å². The van der Waals surface area contributed by atoms with Gasteiger partial charge in [-0.2, -0.15) is 11.8 Å². The van der Waals surface area contributed by atoms with E-state index in [0.29, 0.717) is 6.10 Å². The van der Waals surface area contributed by atoms with Crippen molar-refractivity contribution in [2.75, 3.05) is 31.7 Å². The van der Waals surface area contributed by atoms with Gasteiger partial charge < -0.3 is 14.8 Å². The molecule has 4 heteroatoms. The third-order valence-corrected chi connectivity index (χ3v) is 5.72. The van der Waals surface area contributed by atoms with Crippen molar-refractivity contribution < 1.29 is 9.47 Å². The first kappa shape index (κ1) is 16.0. The third-order valence-electron chi connectivity index (χ3n) is 4.67. The van der Waals surface area contributed by atoms with Crippen LogP contribution in [-0.4, -0.2) is 37.8 Å². The van der Waals surface area contributed by atoms with Crippen molar-refractivity contribution in [2.45, 2.75) is 38.2 Å². The average molecular weight is 321 g/mol. The Kier molecular flexibility index (Phi) is 5.90. The molecule has 0 aromatic heterocycles. The summed E-state index contributed by atoms with van der Waals surface area (Å²) in [6.07, 6.45) is 6.35. The first-order chi connectivity index (χ1) is 10.8. The van der Waals surface area contributed by atoms with Crippen LogP contribution in [0.15, 0.2) is 18.2 Å². The zero-order valence-electron chi connectivity index (χ0n) is 13.5. The van der Waals surface area contributed by atoms with Gasteiger partial charge in [0.25, 0.3) is 0 Å². The topological polar surface area (TPSA) is 30.5 Å². The van der Waals surface area contributed by atoms with Crippen molar-refractivity contribution in [1.82, 2.24) is 5.32 Å². The lowest BCUT2D eigenvalue weighted by Gasteiger charge is -2.25. The highest BCUT2D eigenvalue weighted by Gasteiger charge is 2.18. The highest BCUT2D eigenvalue weighted by molar-refractivity contribution is 7.99. The molecule has 1 aromatic rings. The van der Waals surface area contributed by atoms with Gasteiger partial charge in [0, 0.05) is 0 Å². The van der Waals surface area contributed by atoms with Crippen LogP contribution in [0.5, 0.6) is 11.5 Å². The predicted octanol–water partition coefficient (Wildman–Crippen LogP) is 3.51. The normalized spacial score (nSPS) is 20.8. The molecule has 2 fully saturated rings. The number of methoxy groups -OCH3 is 1. The molecule has 3 nitrogen and oxygen atoms in total. The molecule has 2 heterocycles. The molecule has 2 aliphatic heterocycles. The van der Waals surface area contributed by atoms with Crippen LogP contribution in [0.1, 0.15) is 31.2 Å². The van der Waals surface area contributed by atoms with Crippen LogP contribution in [-0.2, 0) is 6.42 Å². The fourth-order valence-corrected chi connectivity index (χ4v) is 4.39. The molecule has 0 radical (unpaired) electrons. The second-order valence-corrected chi connectivity index (χ2v) is 7.54. The SMILES string of the molecule is COc1cc(CC2CCNCC2)ccc1OC1CCSCC1. The molecule has 1 N–H and O–H groups in total. The maximum absolute atomic E-state index is 6.17. The van der Waals surface area contributed by atoms with Crippen molar-refractivity contribution in [1.29, 1.82) is 0 Å². The Morgan fingerprint density at radius 3 is 2.59 bits per heavy atom. The summed E-state index contributed by atoms with van der Waals surface area (Å²) in [5.74, 6) is 5.02. The molecule has 0 saturated carbocycles. The van der Waals surface area contributed by atoms with Gasteiger partial charge in [0.05, 0.1) is 7.11 Å². The van der Waals surface area contributed by atoms with Crippen LogP contribution in [0.3, 0.4) is 0 Å². The van der Waals surface area contributed by atoms with Crippen molar-refractivity contribution in [3.63, 3.8) is 0 Å². The number of nitrogens with one attached hydrogen (secondary N) is 1. The number of thioether (sulfide) groups is 1. The van der Waals surface area contributed by atoms with E-state index in [1.54, 1.807) is 7.11 Å².